The third-order valence-corrected chi connectivity index (χ3v) is 3.56. The largest absolute Gasteiger partial charge is 0.496 e. The first-order valence-electron chi connectivity index (χ1n) is 6.32. The van der Waals surface area contributed by atoms with Gasteiger partial charge in [-0.1, -0.05) is 43.1 Å². The maximum Gasteiger partial charge on any atom is 0.164 e. The van der Waals surface area contributed by atoms with E-state index >= 15 is 0 Å². The predicted octanol–water partition coefficient (Wildman–Crippen LogP) is 5.92. The fourth-order valence-electron chi connectivity index (χ4n) is 1.92. The Kier molecular flexibility index (Phi) is 4.79. The van der Waals surface area contributed by atoms with Crippen molar-refractivity contribution in [3.8, 4) is 17.2 Å². The van der Waals surface area contributed by atoms with Crippen molar-refractivity contribution < 1.29 is 9.47 Å². The van der Waals surface area contributed by atoms with E-state index in [-0.39, 0.29) is 0 Å². The molecule has 2 rings (SSSR count). The van der Waals surface area contributed by atoms with Gasteiger partial charge in [0.05, 0.1) is 17.2 Å². The van der Waals surface area contributed by atoms with Crippen LogP contribution in [0.1, 0.15) is 25.3 Å². The zero-order valence-electron chi connectivity index (χ0n) is 11.6. The topological polar surface area (TPSA) is 18.5 Å². The van der Waals surface area contributed by atoms with E-state index < -0.39 is 0 Å². The average Bonchev–Trinajstić information content (AvgIpc) is 2.43. The van der Waals surface area contributed by atoms with Crippen LogP contribution in [0.25, 0.3) is 0 Å². The second-order valence-electron chi connectivity index (χ2n) is 4.71. The number of rotatable bonds is 4. The number of benzene rings is 2. The maximum atomic E-state index is 6.11. The molecule has 0 atom stereocenters. The van der Waals surface area contributed by atoms with Crippen LogP contribution in [0.15, 0.2) is 36.4 Å². The Bertz CT molecular complexity index is 589. The summed E-state index contributed by atoms with van der Waals surface area (Å²) >= 11 is 12.2. The first kappa shape index (κ1) is 15.0. The quantitative estimate of drug-likeness (QED) is 0.698. The van der Waals surface area contributed by atoms with Gasteiger partial charge < -0.3 is 9.47 Å². The Balaban J connectivity index is 2.37. The summed E-state index contributed by atoms with van der Waals surface area (Å²) in [7, 11) is 1.66. The number of halogens is 2. The molecule has 0 saturated carbocycles. The molecule has 0 N–H and O–H groups in total. The van der Waals surface area contributed by atoms with Gasteiger partial charge in [-0.3, -0.25) is 0 Å². The van der Waals surface area contributed by atoms with Gasteiger partial charge in [0, 0.05) is 5.56 Å². The van der Waals surface area contributed by atoms with Gasteiger partial charge in [-0.2, -0.15) is 0 Å². The van der Waals surface area contributed by atoms with E-state index in [1.807, 2.05) is 18.2 Å². The first-order chi connectivity index (χ1) is 9.52. The first-order valence-corrected chi connectivity index (χ1v) is 7.08. The summed E-state index contributed by atoms with van der Waals surface area (Å²) in [5.74, 6) is 2.33. The summed E-state index contributed by atoms with van der Waals surface area (Å²) in [4.78, 5) is 0. The minimum atomic E-state index is 0.329. The molecule has 2 aromatic rings. The molecule has 2 nitrogen and oxygen atoms in total. The molecule has 106 valence electrons. The summed E-state index contributed by atoms with van der Waals surface area (Å²) in [6, 6.07) is 10.9. The van der Waals surface area contributed by atoms with Crippen molar-refractivity contribution in [2.24, 2.45) is 0 Å². The zero-order chi connectivity index (χ0) is 14.7. The number of methoxy groups -OCH3 is 1. The Labute approximate surface area is 129 Å². The lowest BCUT2D eigenvalue weighted by atomic mass is 10.0. The summed E-state index contributed by atoms with van der Waals surface area (Å²) in [5.41, 5.74) is 1.08. The Morgan fingerprint density at radius 1 is 1.00 bits per heavy atom. The number of hydrogen-bond acceptors (Lipinski definition) is 2. The second kappa shape index (κ2) is 6.38. The van der Waals surface area contributed by atoms with Crippen LogP contribution in [0.3, 0.4) is 0 Å². The van der Waals surface area contributed by atoms with E-state index in [4.69, 9.17) is 32.7 Å². The Morgan fingerprint density at radius 2 is 1.65 bits per heavy atom. The summed E-state index contributed by atoms with van der Waals surface area (Å²) in [5, 5.41) is 0.971. The lowest BCUT2D eigenvalue weighted by Crippen LogP contribution is -1.95. The lowest BCUT2D eigenvalue weighted by molar-refractivity contribution is 0.405. The Morgan fingerprint density at radius 3 is 2.20 bits per heavy atom. The fourth-order valence-corrected chi connectivity index (χ4v) is 2.40. The molecule has 4 heteroatoms. The van der Waals surface area contributed by atoms with Crippen LogP contribution < -0.4 is 9.47 Å². The molecule has 0 aliphatic carbocycles. The monoisotopic (exact) mass is 310 g/mol. The molecular formula is C16H16Cl2O2. The number of ether oxygens (including phenoxy) is 2. The minimum absolute atomic E-state index is 0.329. The summed E-state index contributed by atoms with van der Waals surface area (Å²) in [6.45, 7) is 4.20. The van der Waals surface area contributed by atoms with Crippen molar-refractivity contribution in [3.63, 3.8) is 0 Å². The highest BCUT2D eigenvalue weighted by atomic mass is 35.5. The van der Waals surface area contributed by atoms with Gasteiger partial charge in [-0.05, 0) is 36.2 Å². The van der Waals surface area contributed by atoms with E-state index in [1.165, 1.54) is 0 Å². The van der Waals surface area contributed by atoms with E-state index in [1.54, 1.807) is 25.3 Å². The van der Waals surface area contributed by atoms with Crippen LogP contribution in [0.5, 0.6) is 17.2 Å². The average molecular weight is 311 g/mol. The van der Waals surface area contributed by atoms with Gasteiger partial charge in [-0.15, -0.1) is 0 Å². The van der Waals surface area contributed by atoms with Crippen LogP contribution in [-0.4, -0.2) is 7.11 Å². The van der Waals surface area contributed by atoms with Crippen LogP contribution in [0, 0.1) is 0 Å². The van der Waals surface area contributed by atoms with E-state index in [0.717, 1.165) is 11.3 Å². The lowest BCUT2D eigenvalue weighted by Gasteiger charge is -2.15. The van der Waals surface area contributed by atoms with E-state index in [9.17, 15) is 0 Å². The normalized spacial score (nSPS) is 10.7. The summed E-state index contributed by atoms with van der Waals surface area (Å²) < 4.78 is 11.2. The van der Waals surface area contributed by atoms with Gasteiger partial charge in [0.15, 0.2) is 5.75 Å². The highest BCUT2D eigenvalue weighted by Crippen LogP contribution is 2.38. The third kappa shape index (κ3) is 3.20. The van der Waals surface area contributed by atoms with Crippen molar-refractivity contribution in [1.29, 1.82) is 0 Å². The van der Waals surface area contributed by atoms with Gasteiger partial charge in [-0.25, -0.2) is 0 Å². The molecule has 2 aromatic carbocycles. The highest BCUT2D eigenvalue weighted by Gasteiger charge is 2.12. The van der Waals surface area contributed by atoms with Gasteiger partial charge in [0.1, 0.15) is 11.5 Å². The molecule has 0 aliphatic heterocycles. The Hall–Kier alpha value is -1.38. The molecule has 0 heterocycles. The van der Waals surface area contributed by atoms with Crippen LogP contribution in [0.2, 0.25) is 10.0 Å². The van der Waals surface area contributed by atoms with Crippen molar-refractivity contribution in [2.75, 3.05) is 7.11 Å². The van der Waals surface area contributed by atoms with E-state index in [2.05, 4.69) is 13.8 Å². The minimum Gasteiger partial charge on any atom is -0.496 e. The van der Waals surface area contributed by atoms with Crippen LogP contribution >= 0.6 is 23.2 Å². The number of para-hydroxylation sites is 1. The predicted molar refractivity (Wildman–Crippen MR) is 83.6 cm³/mol. The maximum absolute atomic E-state index is 6.11. The van der Waals surface area contributed by atoms with Gasteiger partial charge >= 0.3 is 0 Å². The van der Waals surface area contributed by atoms with Crippen LogP contribution in [-0.2, 0) is 0 Å². The molecule has 0 radical (unpaired) electrons. The smallest absolute Gasteiger partial charge is 0.164 e. The molecule has 0 spiro atoms. The van der Waals surface area contributed by atoms with Gasteiger partial charge in [0.2, 0.25) is 0 Å². The third-order valence-electron chi connectivity index (χ3n) is 2.96. The molecule has 0 bridgehead atoms. The van der Waals surface area contributed by atoms with Crippen LogP contribution in [0.4, 0.5) is 0 Å². The van der Waals surface area contributed by atoms with Crippen molar-refractivity contribution >= 4 is 23.2 Å². The SMILES string of the molecule is COc1ccc(Oc2c(Cl)cccc2Cl)cc1C(C)C. The molecule has 20 heavy (non-hydrogen) atoms. The van der Waals surface area contributed by atoms with Gasteiger partial charge in [0.25, 0.3) is 0 Å². The second-order valence-corrected chi connectivity index (χ2v) is 5.53. The van der Waals surface area contributed by atoms with Crippen molar-refractivity contribution in [3.05, 3.63) is 52.0 Å². The molecule has 0 aromatic heterocycles. The fraction of sp³-hybridized carbons (Fsp3) is 0.250. The van der Waals surface area contributed by atoms with E-state index in [0.29, 0.717) is 27.5 Å². The molecule has 0 fully saturated rings. The molecule has 0 saturated heterocycles. The zero-order valence-corrected chi connectivity index (χ0v) is 13.1. The van der Waals surface area contributed by atoms with Crippen molar-refractivity contribution in [2.45, 2.75) is 19.8 Å². The standard InChI is InChI=1S/C16H16Cl2O2/c1-10(2)12-9-11(7-8-15(12)19-3)20-16-13(17)5-4-6-14(16)18/h4-10H,1-3H3. The molecule has 0 amide bonds. The molecule has 0 aliphatic rings. The molecule has 0 unspecified atom stereocenters. The molecular weight excluding hydrogens is 295 g/mol. The van der Waals surface area contributed by atoms with Crippen molar-refractivity contribution in [1.82, 2.24) is 0 Å². The highest BCUT2D eigenvalue weighted by molar-refractivity contribution is 6.37. The number of hydrogen-bond donors (Lipinski definition) is 0. The summed E-state index contributed by atoms with van der Waals surface area (Å²) in [6.07, 6.45) is 0.